The summed E-state index contributed by atoms with van der Waals surface area (Å²) in [5, 5.41) is 0. The fourth-order valence-corrected chi connectivity index (χ4v) is 2.98. The van der Waals surface area contributed by atoms with Crippen molar-refractivity contribution < 1.29 is 8.42 Å². The van der Waals surface area contributed by atoms with E-state index in [9.17, 15) is 8.42 Å². The van der Waals surface area contributed by atoms with E-state index in [0.29, 0.717) is 19.0 Å². The minimum atomic E-state index is -2.92. The van der Waals surface area contributed by atoms with Crippen molar-refractivity contribution in [1.29, 1.82) is 0 Å². The largest absolute Gasteiger partial charge is 0.370 e. The first-order valence-electron chi connectivity index (χ1n) is 6.20. The van der Waals surface area contributed by atoms with Crippen molar-refractivity contribution in [3.8, 4) is 0 Å². The van der Waals surface area contributed by atoms with Gasteiger partial charge in [0.25, 0.3) is 0 Å². The average molecular weight is 268 g/mol. The predicted molar refractivity (Wildman–Crippen MR) is 74.6 cm³/mol. The number of nitrogens with zero attached hydrogens (tertiary/aromatic N) is 1. The number of hydrogen-bond acceptors (Lipinski definition) is 4. The lowest BCUT2D eigenvalue weighted by molar-refractivity contribution is 0.503. The van der Waals surface area contributed by atoms with Crippen LogP contribution in [0.25, 0.3) is 0 Å². The van der Waals surface area contributed by atoms with Crippen LogP contribution in [0.3, 0.4) is 0 Å². The highest BCUT2D eigenvalue weighted by atomic mass is 32.2. The van der Waals surface area contributed by atoms with Gasteiger partial charge in [0.15, 0.2) is 0 Å². The minimum absolute atomic E-state index is 0.193. The van der Waals surface area contributed by atoms with Gasteiger partial charge in [-0.2, -0.15) is 0 Å². The Hall–Kier alpha value is -1.07. The minimum Gasteiger partial charge on any atom is -0.370 e. The highest BCUT2D eigenvalue weighted by Gasteiger charge is 2.23. The van der Waals surface area contributed by atoms with Gasteiger partial charge in [0.05, 0.1) is 5.75 Å². The van der Waals surface area contributed by atoms with E-state index in [1.165, 1.54) is 11.8 Å². The predicted octanol–water partition coefficient (Wildman–Crippen LogP) is 0.669. The van der Waals surface area contributed by atoms with Crippen LogP contribution in [0.15, 0.2) is 24.3 Å². The Bertz CT molecular complexity index is 513. The van der Waals surface area contributed by atoms with Crippen molar-refractivity contribution in [3.63, 3.8) is 0 Å². The third-order valence-corrected chi connectivity index (χ3v) is 4.31. The Morgan fingerprint density at radius 2 is 2.11 bits per heavy atom. The fraction of sp³-hybridized carbons (Fsp3) is 0.538. The Morgan fingerprint density at radius 1 is 1.39 bits per heavy atom. The molecule has 2 N–H and O–H groups in total. The van der Waals surface area contributed by atoms with Gasteiger partial charge in [-0.05, 0) is 30.5 Å². The molecule has 1 unspecified atom stereocenters. The van der Waals surface area contributed by atoms with E-state index in [1.54, 1.807) is 0 Å². The number of hydrogen-bond donors (Lipinski definition) is 1. The summed E-state index contributed by atoms with van der Waals surface area (Å²) in [4.78, 5) is 2.15. The monoisotopic (exact) mass is 268 g/mol. The number of benzene rings is 1. The van der Waals surface area contributed by atoms with Crippen LogP contribution < -0.4 is 10.6 Å². The zero-order valence-corrected chi connectivity index (χ0v) is 11.5. The smallest absolute Gasteiger partial charge is 0.149 e. The van der Waals surface area contributed by atoms with Crippen molar-refractivity contribution in [2.45, 2.75) is 6.42 Å². The molecule has 4 nitrogen and oxygen atoms in total. The molecular formula is C13H20N2O2S. The molecule has 1 atom stereocenters. The molecule has 0 aromatic heterocycles. The molecule has 0 spiro atoms. The third-order valence-electron chi connectivity index (χ3n) is 3.38. The van der Waals surface area contributed by atoms with E-state index in [4.69, 9.17) is 5.73 Å². The quantitative estimate of drug-likeness (QED) is 0.872. The van der Waals surface area contributed by atoms with E-state index in [2.05, 4.69) is 17.0 Å². The van der Waals surface area contributed by atoms with Crippen molar-refractivity contribution in [2.24, 2.45) is 11.7 Å². The summed E-state index contributed by atoms with van der Waals surface area (Å²) >= 11 is 0. The van der Waals surface area contributed by atoms with Crippen LogP contribution in [0.2, 0.25) is 0 Å². The lowest BCUT2D eigenvalue weighted by Gasteiger charge is -2.35. The maximum atomic E-state index is 11.3. The van der Waals surface area contributed by atoms with Gasteiger partial charge in [-0.3, -0.25) is 0 Å². The molecule has 0 amide bonds. The van der Waals surface area contributed by atoms with E-state index in [-0.39, 0.29) is 5.75 Å². The normalized spacial score (nSPS) is 19.7. The van der Waals surface area contributed by atoms with E-state index in [1.807, 2.05) is 12.1 Å². The van der Waals surface area contributed by atoms with Crippen molar-refractivity contribution in [3.05, 3.63) is 29.8 Å². The summed E-state index contributed by atoms with van der Waals surface area (Å²) in [5.41, 5.74) is 8.19. The average Bonchev–Trinajstić information content (AvgIpc) is 2.34. The zero-order chi connectivity index (χ0) is 13.2. The van der Waals surface area contributed by atoms with Gasteiger partial charge in [-0.15, -0.1) is 0 Å². The summed E-state index contributed by atoms with van der Waals surface area (Å²) in [5.74, 6) is 0.609. The molecule has 0 saturated carbocycles. The van der Waals surface area contributed by atoms with Gasteiger partial charge < -0.3 is 10.6 Å². The lowest BCUT2D eigenvalue weighted by Crippen LogP contribution is -2.40. The lowest BCUT2D eigenvalue weighted by atomic mass is 9.92. The first-order chi connectivity index (χ1) is 8.49. The Kier molecular flexibility index (Phi) is 3.92. The molecule has 0 radical (unpaired) electrons. The summed E-state index contributed by atoms with van der Waals surface area (Å²) in [6.07, 6.45) is 2.27. The molecule has 0 bridgehead atoms. The molecule has 5 heteroatoms. The summed E-state index contributed by atoms with van der Waals surface area (Å²) < 4.78 is 22.6. The van der Waals surface area contributed by atoms with Crippen LogP contribution in [0.1, 0.15) is 5.56 Å². The number of para-hydroxylation sites is 1. The van der Waals surface area contributed by atoms with Gasteiger partial charge in [-0.25, -0.2) is 8.42 Å². The van der Waals surface area contributed by atoms with Gasteiger partial charge in [0.1, 0.15) is 9.84 Å². The number of sulfone groups is 1. The van der Waals surface area contributed by atoms with E-state index in [0.717, 1.165) is 18.7 Å². The maximum absolute atomic E-state index is 11.3. The van der Waals surface area contributed by atoms with Crippen molar-refractivity contribution in [2.75, 3.05) is 36.5 Å². The zero-order valence-electron chi connectivity index (χ0n) is 10.7. The van der Waals surface area contributed by atoms with E-state index >= 15 is 0 Å². The Balaban J connectivity index is 2.19. The Labute approximate surface area is 109 Å². The summed E-state index contributed by atoms with van der Waals surface area (Å²) in [7, 11) is -2.92. The van der Waals surface area contributed by atoms with Crippen molar-refractivity contribution >= 4 is 15.5 Å². The molecular weight excluding hydrogens is 248 g/mol. The number of nitrogens with two attached hydrogens (primary N) is 1. The van der Waals surface area contributed by atoms with Crippen LogP contribution in [-0.2, 0) is 16.3 Å². The molecule has 0 fully saturated rings. The van der Waals surface area contributed by atoms with Crippen LogP contribution >= 0.6 is 0 Å². The first-order valence-corrected chi connectivity index (χ1v) is 8.26. The highest BCUT2D eigenvalue weighted by Crippen LogP contribution is 2.28. The van der Waals surface area contributed by atoms with Gasteiger partial charge >= 0.3 is 0 Å². The molecule has 1 aromatic carbocycles. The highest BCUT2D eigenvalue weighted by molar-refractivity contribution is 7.90. The fourth-order valence-electron chi connectivity index (χ4n) is 2.42. The molecule has 0 aliphatic carbocycles. The topological polar surface area (TPSA) is 63.4 Å². The first kappa shape index (κ1) is 13.4. The standard InChI is InChI=1S/C13H20N2O2S/c1-18(16,17)7-6-15-10-11(9-14)8-12-4-2-3-5-13(12)15/h2-5,11H,6-10,14H2,1H3. The van der Waals surface area contributed by atoms with Crippen molar-refractivity contribution in [1.82, 2.24) is 0 Å². The third kappa shape index (κ3) is 3.23. The molecule has 100 valence electrons. The molecule has 18 heavy (non-hydrogen) atoms. The van der Waals surface area contributed by atoms with Crippen LogP contribution in [0.5, 0.6) is 0 Å². The second-order valence-electron chi connectivity index (χ2n) is 5.01. The summed E-state index contributed by atoms with van der Waals surface area (Å²) in [6.45, 7) is 2.04. The Morgan fingerprint density at radius 3 is 2.78 bits per heavy atom. The maximum Gasteiger partial charge on any atom is 0.149 e. The summed E-state index contributed by atoms with van der Waals surface area (Å²) in [6, 6.07) is 8.18. The molecule has 2 rings (SSSR count). The van der Waals surface area contributed by atoms with Crippen LogP contribution in [0.4, 0.5) is 5.69 Å². The van der Waals surface area contributed by atoms with Crippen LogP contribution in [0, 0.1) is 5.92 Å². The van der Waals surface area contributed by atoms with Gasteiger partial charge in [0, 0.05) is 25.0 Å². The second kappa shape index (κ2) is 5.28. The number of fused-ring (bicyclic) bond motifs is 1. The second-order valence-corrected chi connectivity index (χ2v) is 7.27. The molecule has 1 aliphatic rings. The molecule has 0 saturated heterocycles. The number of anilines is 1. The van der Waals surface area contributed by atoms with Gasteiger partial charge in [0.2, 0.25) is 0 Å². The molecule has 1 aromatic rings. The molecule has 1 aliphatic heterocycles. The molecule has 1 heterocycles. The van der Waals surface area contributed by atoms with Gasteiger partial charge in [-0.1, -0.05) is 18.2 Å². The van der Waals surface area contributed by atoms with E-state index < -0.39 is 9.84 Å². The number of rotatable bonds is 4. The van der Waals surface area contributed by atoms with Crippen LogP contribution in [-0.4, -0.2) is 40.1 Å². The SMILES string of the molecule is CS(=O)(=O)CCN1CC(CN)Cc2ccccc21.